The van der Waals surface area contributed by atoms with Crippen molar-refractivity contribution in [3.8, 4) is 11.5 Å². The van der Waals surface area contributed by atoms with E-state index in [9.17, 15) is 9.59 Å². The van der Waals surface area contributed by atoms with Crippen molar-refractivity contribution in [3.63, 3.8) is 0 Å². The summed E-state index contributed by atoms with van der Waals surface area (Å²) in [5.74, 6) is 0.996. The van der Waals surface area contributed by atoms with E-state index in [4.69, 9.17) is 9.47 Å². The maximum Gasteiger partial charge on any atom is 0.250 e. The van der Waals surface area contributed by atoms with Crippen LogP contribution >= 0.6 is 0 Å². The summed E-state index contributed by atoms with van der Waals surface area (Å²) in [5.41, 5.74) is 1.73. The molecule has 0 aliphatic rings. The highest BCUT2D eigenvalue weighted by molar-refractivity contribution is 5.75. The number of methoxy groups -OCH3 is 1. The predicted molar refractivity (Wildman–Crippen MR) is 106 cm³/mol. The summed E-state index contributed by atoms with van der Waals surface area (Å²) in [6.45, 7) is 0.754. The Kier molecular flexibility index (Phi) is 6.46. The summed E-state index contributed by atoms with van der Waals surface area (Å²) in [6, 6.07) is 20.2. The number of aromatic nitrogens is 1. The molecule has 0 aliphatic carbocycles. The maximum atomic E-state index is 12.1. The van der Waals surface area contributed by atoms with Gasteiger partial charge in [-0.05, 0) is 29.3 Å². The molecule has 28 heavy (non-hydrogen) atoms. The van der Waals surface area contributed by atoms with E-state index in [0.717, 1.165) is 11.1 Å². The van der Waals surface area contributed by atoms with E-state index in [1.807, 2.05) is 48.5 Å². The maximum absolute atomic E-state index is 12.1. The minimum atomic E-state index is -0.239. The molecule has 1 aromatic heterocycles. The topological polar surface area (TPSA) is 69.6 Å². The van der Waals surface area contributed by atoms with Gasteiger partial charge >= 0.3 is 0 Å². The number of nitrogens with one attached hydrogen (secondary N) is 1. The summed E-state index contributed by atoms with van der Waals surface area (Å²) in [5, 5.41) is 2.81. The second kappa shape index (κ2) is 9.41. The van der Waals surface area contributed by atoms with Crippen LogP contribution < -0.4 is 20.3 Å². The van der Waals surface area contributed by atoms with E-state index in [0.29, 0.717) is 24.7 Å². The third kappa shape index (κ3) is 5.23. The van der Waals surface area contributed by atoms with E-state index in [-0.39, 0.29) is 18.0 Å². The van der Waals surface area contributed by atoms with Gasteiger partial charge in [0.2, 0.25) is 5.91 Å². The van der Waals surface area contributed by atoms with Crippen molar-refractivity contribution in [1.29, 1.82) is 0 Å². The predicted octanol–water partition coefficient (Wildman–Crippen LogP) is 2.75. The van der Waals surface area contributed by atoms with Gasteiger partial charge in [0.25, 0.3) is 5.56 Å². The van der Waals surface area contributed by atoms with Gasteiger partial charge < -0.3 is 19.4 Å². The van der Waals surface area contributed by atoms with Gasteiger partial charge in [0.05, 0.1) is 7.11 Å². The van der Waals surface area contributed by atoms with Gasteiger partial charge in [0.1, 0.15) is 13.2 Å². The molecule has 0 fully saturated rings. The molecule has 0 spiro atoms. The summed E-state index contributed by atoms with van der Waals surface area (Å²) in [7, 11) is 1.58. The van der Waals surface area contributed by atoms with Crippen LogP contribution in [0.3, 0.4) is 0 Å². The van der Waals surface area contributed by atoms with Crippen LogP contribution in [-0.2, 0) is 24.5 Å². The van der Waals surface area contributed by atoms with Gasteiger partial charge in [-0.2, -0.15) is 0 Å². The van der Waals surface area contributed by atoms with Gasteiger partial charge in [0, 0.05) is 18.8 Å². The van der Waals surface area contributed by atoms with Gasteiger partial charge in [-0.1, -0.05) is 42.5 Å². The molecule has 2 aromatic carbocycles. The first kappa shape index (κ1) is 19.2. The molecule has 0 atom stereocenters. The fourth-order valence-corrected chi connectivity index (χ4v) is 2.68. The number of hydrogen-bond donors (Lipinski definition) is 1. The van der Waals surface area contributed by atoms with Crippen LogP contribution in [0.2, 0.25) is 0 Å². The Morgan fingerprint density at radius 3 is 2.50 bits per heavy atom. The van der Waals surface area contributed by atoms with Crippen LogP contribution in [0.15, 0.2) is 77.7 Å². The van der Waals surface area contributed by atoms with Crippen molar-refractivity contribution in [2.24, 2.45) is 0 Å². The largest absolute Gasteiger partial charge is 0.493 e. The van der Waals surface area contributed by atoms with Crippen molar-refractivity contribution in [2.75, 3.05) is 7.11 Å². The smallest absolute Gasteiger partial charge is 0.250 e. The third-order valence-electron chi connectivity index (χ3n) is 4.17. The number of pyridine rings is 1. The molecule has 6 heteroatoms. The minimum Gasteiger partial charge on any atom is -0.493 e. The Hall–Kier alpha value is -3.54. The van der Waals surface area contributed by atoms with Crippen molar-refractivity contribution >= 4 is 5.91 Å². The molecule has 1 amide bonds. The molecule has 0 radical (unpaired) electrons. The standard InChI is InChI=1S/C22H22N2O4/c1-27-20-13-18(10-11-19(20)28-16-17-7-3-2-4-8-17)14-23-21(25)15-24-12-6-5-9-22(24)26/h2-13H,14-16H2,1H3,(H,23,25). The monoisotopic (exact) mass is 378 g/mol. The lowest BCUT2D eigenvalue weighted by molar-refractivity contribution is -0.121. The minimum absolute atomic E-state index is 0.0188. The molecule has 0 bridgehead atoms. The molecule has 144 valence electrons. The van der Waals surface area contributed by atoms with Crippen LogP contribution in [0.5, 0.6) is 11.5 Å². The Balaban J connectivity index is 1.58. The lowest BCUT2D eigenvalue weighted by Gasteiger charge is -2.13. The highest BCUT2D eigenvalue weighted by atomic mass is 16.5. The van der Waals surface area contributed by atoms with Crippen LogP contribution in [0.1, 0.15) is 11.1 Å². The molecule has 1 heterocycles. The zero-order chi connectivity index (χ0) is 19.8. The molecular formula is C22H22N2O4. The number of benzene rings is 2. The number of rotatable bonds is 8. The summed E-state index contributed by atoms with van der Waals surface area (Å²) >= 11 is 0. The van der Waals surface area contributed by atoms with Gasteiger partial charge in [-0.25, -0.2) is 0 Å². The molecule has 3 aromatic rings. The average Bonchev–Trinajstić information content (AvgIpc) is 2.73. The normalized spacial score (nSPS) is 10.3. The highest BCUT2D eigenvalue weighted by Gasteiger charge is 2.08. The van der Waals surface area contributed by atoms with E-state index < -0.39 is 0 Å². The second-order valence-corrected chi connectivity index (χ2v) is 6.20. The Bertz CT molecular complexity index is 983. The zero-order valence-corrected chi connectivity index (χ0v) is 15.6. The van der Waals surface area contributed by atoms with Crippen molar-refractivity contribution in [3.05, 3.63) is 94.4 Å². The van der Waals surface area contributed by atoms with Gasteiger partial charge in [0.15, 0.2) is 11.5 Å². The quantitative estimate of drug-likeness (QED) is 0.654. The van der Waals surface area contributed by atoms with Crippen molar-refractivity contribution in [1.82, 2.24) is 9.88 Å². The fourth-order valence-electron chi connectivity index (χ4n) is 2.68. The second-order valence-electron chi connectivity index (χ2n) is 6.20. The molecule has 0 saturated carbocycles. The summed E-state index contributed by atoms with van der Waals surface area (Å²) in [6.07, 6.45) is 1.59. The van der Waals surface area contributed by atoms with Gasteiger partial charge in [-0.3, -0.25) is 9.59 Å². The molecular weight excluding hydrogens is 356 g/mol. The lowest BCUT2D eigenvalue weighted by Crippen LogP contribution is -2.31. The SMILES string of the molecule is COc1cc(CNC(=O)Cn2ccccc2=O)ccc1OCc1ccccc1. The van der Waals surface area contributed by atoms with E-state index in [1.165, 1.54) is 10.6 Å². The van der Waals surface area contributed by atoms with Crippen LogP contribution in [-0.4, -0.2) is 17.6 Å². The number of hydrogen-bond acceptors (Lipinski definition) is 4. The van der Waals surface area contributed by atoms with Crippen molar-refractivity contribution < 1.29 is 14.3 Å². The Morgan fingerprint density at radius 1 is 0.964 bits per heavy atom. The average molecular weight is 378 g/mol. The Morgan fingerprint density at radius 2 is 1.75 bits per heavy atom. The molecule has 0 saturated heterocycles. The van der Waals surface area contributed by atoms with Crippen LogP contribution in [0, 0.1) is 0 Å². The molecule has 6 nitrogen and oxygen atoms in total. The zero-order valence-electron chi connectivity index (χ0n) is 15.6. The van der Waals surface area contributed by atoms with E-state index >= 15 is 0 Å². The number of carbonyl (C=O) groups is 1. The number of carbonyl (C=O) groups excluding carboxylic acids is 1. The molecule has 0 aliphatic heterocycles. The number of amides is 1. The van der Waals surface area contributed by atoms with Crippen LogP contribution in [0.25, 0.3) is 0 Å². The first-order chi connectivity index (χ1) is 13.7. The first-order valence-corrected chi connectivity index (χ1v) is 8.91. The summed E-state index contributed by atoms with van der Waals surface area (Å²) in [4.78, 5) is 23.8. The third-order valence-corrected chi connectivity index (χ3v) is 4.17. The lowest BCUT2D eigenvalue weighted by atomic mass is 10.2. The Labute approximate surface area is 163 Å². The highest BCUT2D eigenvalue weighted by Crippen LogP contribution is 2.28. The van der Waals surface area contributed by atoms with E-state index in [1.54, 1.807) is 25.4 Å². The van der Waals surface area contributed by atoms with Gasteiger partial charge in [-0.15, -0.1) is 0 Å². The van der Waals surface area contributed by atoms with Crippen LogP contribution in [0.4, 0.5) is 0 Å². The molecule has 1 N–H and O–H groups in total. The number of nitrogens with zero attached hydrogens (tertiary/aromatic N) is 1. The number of ether oxygens (including phenoxy) is 2. The molecule has 0 unspecified atom stereocenters. The van der Waals surface area contributed by atoms with E-state index in [2.05, 4.69) is 5.32 Å². The fraction of sp³-hybridized carbons (Fsp3) is 0.182. The van der Waals surface area contributed by atoms with Crippen molar-refractivity contribution in [2.45, 2.75) is 19.7 Å². The first-order valence-electron chi connectivity index (χ1n) is 8.91. The molecule has 3 rings (SSSR count). The summed E-state index contributed by atoms with van der Waals surface area (Å²) < 4.78 is 12.6.